The van der Waals surface area contributed by atoms with Gasteiger partial charge < -0.3 is 0 Å². The first-order chi connectivity index (χ1) is 5.36. The molecule has 0 N–H and O–H groups in total. The van der Waals surface area contributed by atoms with Crippen molar-refractivity contribution in [3.8, 4) is 0 Å². The smallest absolute Gasteiger partial charge is 0.213 e. The van der Waals surface area contributed by atoms with Gasteiger partial charge in [-0.15, -0.1) is 0 Å². The van der Waals surface area contributed by atoms with Crippen molar-refractivity contribution in [3.63, 3.8) is 0 Å². The maximum absolute atomic E-state index is 12.5. The van der Waals surface area contributed by atoms with Crippen LogP contribution in [0.2, 0.25) is 0 Å². The van der Waals surface area contributed by atoms with Crippen LogP contribution in [-0.2, 0) is 0 Å². The average molecular weight is 146 g/mol. The summed E-state index contributed by atoms with van der Waals surface area (Å²) in [7, 11) is 0. The van der Waals surface area contributed by atoms with Crippen LogP contribution in [0.25, 0.3) is 10.9 Å². The molecule has 0 aliphatic heterocycles. The molecule has 1 aromatic carbocycles. The molecule has 0 unspecified atom stereocenters. The predicted octanol–water partition coefficient (Wildman–Crippen LogP) is 2.37. The maximum Gasteiger partial charge on any atom is 0.213 e. The largest absolute Gasteiger partial charge is 0.220 e. The molecule has 54 valence electrons. The second kappa shape index (κ2) is 2.31. The zero-order valence-corrected chi connectivity index (χ0v) is 5.79. The zero-order valence-electron chi connectivity index (χ0n) is 5.79. The second-order valence-electron chi connectivity index (χ2n) is 2.33. The number of halogens is 1. The van der Waals surface area contributed by atoms with Crippen LogP contribution in [0.5, 0.6) is 0 Å². The van der Waals surface area contributed by atoms with Gasteiger partial charge >= 0.3 is 0 Å². The summed E-state index contributed by atoms with van der Waals surface area (Å²) in [5.74, 6) is -0.427. The van der Waals surface area contributed by atoms with Gasteiger partial charge in [-0.05, 0) is 18.2 Å². The molecule has 0 amide bonds. The quantitative estimate of drug-likeness (QED) is 0.520. The van der Waals surface area contributed by atoms with Gasteiger partial charge in [0.1, 0.15) is 0 Å². The van der Waals surface area contributed by atoms with Crippen molar-refractivity contribution in [3.05, 3.63) is 42.3 Å². The topological polar surface area (TPSA) is 12.9 Å². The second-order valence-corrected chi connectivity index (χ2v) is 2.33. The number of hydrogen-bond donors (Lipinski definition) is 0. The summed E-state index contributed by atoms with van der Waals surface area (Å²) in [5, 5.41) is 0.967. The van der Waals surface area contributed by atoms with Crippen LogP contribution < -0.4 is 0 Å². The summed E-state index contributed by atoms with van der Waals surface area (Å²) in [5.41, 5.74) is 0.701. The van der Waals surface area contributed by atoms with Gasteiger partial charge in [-0.25, -0.2) is 4.98 Å². The third-order valence-corrected chi connectivity index (χ3v) is 1.56. The SMILES string of the molecule is [18F]c1ccc2ccccc2n1. The molecule has 1 nitrogen and oxygen atoms in total. The standard InChI is InChI=1S/C9H6FN/c10-9-6-5-7-3-1-2-4-8(7)11-9/h1-6H/i10-1. The lowest BCUT2D eigenvalue weighted by molar-refractivity contribution is 0.589. The number of para-hydroxylation sites is 1. The zero-order chi connectivity index (χ0) is 7.68. The number of rotatable bonds is 0. The van der Waals surface area contributed by atoms with Crippen molar-refractivity contribution in [2.45, 2.75) is 0 Å². The van der Waals surface area contributed by atoms with E-state index in [-0.39, 0.29) is 0 Å². The van der Waals surface area contributed by atoms with E-state index in [0.29, 0.717) is 5.52 Å². The Morgan fingerprint density at radius 2 is 1.82 bits per heavy atom. The van der Waals surface area contributed by atoms with E-state index in [1.54, 1.807) is 12.1 Å². The van der Waals surface area contributed by atoms with E-state index >= 15 is 0 Å². The molecular weight excluding hydrogens is 140 g/mol. The summed E-state index contributed by atoms with van der Waals surface area (Å²) in [6, 6.07) is 10.5. The van der Waals surface area contributed by atoms with Gasteiger partial charge in [0, 0.05) is 5.39 Å². The van der Waals surface area contributed by atoms with E-state index in [1.807, 2.05) is 18.2 Å². The molecule has 0 aliphatic carbocycles. The molecule has 0 fully saturated rings. The average Bonchev–Trinajstić information content (AvgIpc) is 2.04. The fourth-order valence-corrected chi connectivity index (χ4v) is 1.04. The normalized spacial score (nSPS) is 10.3. The highest BCUT2D eigenvalue weighted by atomic mass is 18.2. The van der Waals surface area contributed by atoms with Gasteiger partial charge in [0.15, 0.2) is 0 Å². The van der Waals surface area contributed by atoms with Crippen molar-refractivity contribution in [1.82, 2.24) is 4.98 Å². The predicted molar refractivity (Wildman–Crippen MR) is 41.7 cm³/mol. The summed E-state index contributed by atoms with van der Waals surface area (Å²) in [6.45, 7) is 0. The summed E-state index contributed by atoms with van der Waals surface area (Å²) >= 11 is 0. The van der Waals surface area contributed by atoms with E-state index in [2.05, 4.69) is 4.98 Å². The van der Waals surface area contributed by atoms with E-state index in [9.17, 15) is 4.39 Å². The number of pyridine rings is 1. The van der Waals surface area contributed by atoms with Crippen LogP contribution >= 0.6 is 0 Å². The highest BCUT2D eigenvalue weighted by molar-refractivity contribution is 5.77. The molecule has 0 atom stereocenters. The highest BCUT2D eigenvalue weighted by Crippen LogP contribution is 2.10. The summed E-state index contributed by atoms with van der Waals surface area (Å²) < 4.78 is 12.5. The van der Waals surface area contributed by atoms with E-state index in [4.69, 9.17) is 0 Å². The molecule has 11 heavy (non-hydrogen) atoms. The molecule has 0 radical (unpaired) electrons. The fourth-order valence-electron chi connectivity index (χ4n) is 1.04. The molecule has 0 saturated carbocycles. The van der Waals surface area contributed by atoms with Gasteiger partial charge in [-0.1, -0.05) is 18.2 Å². The molecule has 2 aromatic rings. The number of nitrogens with zero attached hydrogens (tertiary/aromatic N) is 1. The first-order valence-corrected chi connectivity index (χ1v) is 3.37. The van der Waals surface area contributed by atoms with Crippen LogP contribution in [-0.4, -0.2) is 4.98 Å². The lowest BCUT2D eigenvalue weighted by Crippen LogP contribution is -1.81. The number of benzene rings is 1. The van der Waals surface area contributed by atoms with E-state index in [0.717, 1.165) is 5.39 Å². The summed E-state index contributed by atoms with van der Waals surface area (Å²) in [4.78, 5) is 3.71. The van der Waals surface area contributed by atoms with Crippen LogP contribution in [0.1, 0.15) is 0 Å². The van der Waals surface area contributed by atoms with Crippen molar-refractivity contribution in [2.24, 2.45) is 0 Å². The molecule has 0 aliphatic rings. The lowest BCUT2D eigenvalue weighted by Gasteiger charge is -1.93. The summed E-state index contributed by atoms with van der Waals surface area (Å²) in [6.07, 6.45) is 0. The van der Waals surface area contributed by atoms with Crippen LogP contribution in [0.15, 0.2) is 36.4 Å². The minimum atomic E-state index is -0.427. The monoisotopic (exact) mass is 146 g/mol. The van der Waals surface area contributed by atoms with Crippen molar-refractivity contribution < 1.29 is 4.39 Å². The first-order valence-electron chi connectivity index (χ1n) is 3.37. The van der Waals surface area contributed by atoms with Crippen molar-refractivity contribution >= 4 is 10.9 Å². The van der Waals surface area contributed by atoms with Crippen LogP contribution in [0.4, 0.5) is 4.39 Å². The van der Waals surface area contributed by atoms with Gasteiger partial charge in [-0.3, -0.25) is 0 Å². The molecular formula is C9H6FN. The minimum Gasteiger partial charge on any atom is -0.220 e. The van der Waals surface area contributed by atoms with Gasteiger partial charge in [0.25, 0.3) is 0 Å². The Balaban J connectivity index is 2.83. The Kier molecular flexibility index (Phi) is 1.32. The minimum absolute atomic E-state index is 0.427. The van der Waals surface area contributed by atoms with Gasteiger partial charge in [0.2, 0.25) is 5.95 Å². The molecule has 1 aromatic heterocycles. The van der Waals surface area contributed by atoms with Gasteiger partial charge in [0.05, 0.1) is 5.52 Å². The molecule has 0 bridgehead atoms. The molecule has 2 heteroatoms. The highest BCUT2D eigenvalue weighted by Gasteiger charge is 1.93. The first kappa shape index (κ1) is 6.28. The molecule has 1 heterocycles. The van der Waals surface area contributed by atoms with Crippen LogP contribution in [0, 0.1) is 5.95 Å². The Morgan fingerprint density at radius 3 is 2.73 bits per heavy atom. The Labute approximate surface area is 63.5 Å². The van der Waals surface area contributed by atoms with Gasteiger partial charge in [-0.2, -0.15) is 4.39 Å². The molecule has 0 spiro atoms. The van der Waals surface area contributed by atoms with Crippen molar-refractivity contribution in [1.29, 1.82) is 0 Å². The number of fused-ring (bicyclic) bond motifs is 1. The van der Waals surface area contributed by atoms with E-state index in [1.165, 1.54) is 6.07 Å². The number of hydrogen-bond acceptors (Lipinski definition) is 1. The fraction of sp³-hybridized carbons (Fsp3) is 0. The Hall–Kier alpha value is -1.44. The van der Waals surface area contributed by atoms with E-state index < -0.39 is 5.95 Å². The molecule has 0 saturated heterocycles. The molecule has 2 rings (SSSR count). The number of aromatic nitrogens is 1. The van der Waals surface area contributed by atoms with Crippen molar-refractivity contribution in [2.75, 3.05) is 0 Å². The third kappa shape index (κ3) is 1.07. The third-order valence-electron chi connectivity index (χ3n) is 1.56. The Morgan fingerprint density at radius 1 is 1.00 bits per heavy atom. The lowest BCUT2D eigenvalue weighted by atomic mass is 10.2. The maximum atomic E-state index is 12.5. The van der Waals surface area contributed by atoms with Crippen LogP contribution in [0.3, 0.4) is 0 Å². The Bertz CT molecular complexity index is 384.